The maximum absolute atomic E-state index is 14.1. The highest BCUT2D eigenvalue weighted by molar-refractivity contribution is 5.91. The number of ether oxygens (including phenoxy) is 3. The molecule has 1 heterocycles. The molecule has 0 radical (unpaired) electrons. The number of hydrogen-bond acceptors (Lipinski definition) is 10. The minimum Gasteiger partial charge on any atom is -0.467 e. The van der Waals surface area contributed by atoms with E-state index in [0.717, 1.165) is 5.56 Å². The second-order valence-corrected chi connectivity index (χ2v) is 16.3. The lowest BCUT2D eigenvalue weighted by atomic mass is 9.90. The average molecular weight is 863 g/mol. The highest BCUT2D eigenvalue weighted by Crippen LogP contribution is 2.29. The lowest BCUT2D eigenvalue weighted by Gasteiger charge is -2.39. The quantitative estimate of drug-likeness (QED) is 0.141. The van der Waals surface area contributed by atoms with E-state index in [2.05, 4.69) is 43.6 Å². The van der Waals surface area contributed by atoms with Gasteiger partial charge in [-0.3, -0.25) is 24.0 Å². The van der Waals surface area contributed by atoms with Gasteiger partial charge in [0, 0.05) is 41.3 Å². The van der Waals surface area contributed by atoms with Crippen LogP contribution >= 0.6 is 0 Å². The zero-order chi connectivity index (χ0) is 46.8. The summed E-state index contributed by atoms with van der Waals surface area (Å²) in [4.78, 5) is 84.4. The average Bonchev–Trinajstić information content (AvgIpc) is 3.72. The molecule has 15 nitrogen and oxygen atoms in total. The Morgan fingerprint density at radius 2 is 1.39 bits per heavy atom. The number of likely N-dealkylation sites (tertiary alicyclic amines) is 1. The van der Waals surface area contributed by atoms with Crippen molar-refractivity contribution in [2.45, 2.75) is 144 Å². The molecule has 8 unspecified atom stereocenters. The minimum atomic E-state index is -0.903. The third-order valence-electron chi connectivity index (χ3n) is 10.8. The van der Waals surface area contributed by atoms with Crippen LogP contribution in [-0.2, 0) is 49.4 Å². The number of rotatable bonds is 22. The number of likely N-dealkylation sites (N-methyl/N-ethyl adjacent to an activating group) is 3. The lowest BCUT2D eigenvalue weighted by Crippen LogP contribution is -2.56. The zero-order valence-electron chi connectivity index (χ0n) is 40.2. The molecule has 0 bridgehead atoms. The molecule has 350 valence electrons. The largest absolute Gasteiger partial charge is 0.467 e. The van der Waals surface area contributed by atoms with Gasteiger partial charge in [0.05, 0.1) is 56.8 Å². The molecule has 2 rings (SSSR count). The lowest BCUT2D eigenvalue weighted by molar-refractivity contribution is -0.148. The molecular weight excluding hydrogens is 781 g/mol. The van der Waals surface area contributed by atoms with Gasteiger partial charge >= 0.3 is 5.97 Å². The van der Waals surface area contributed by atoms with Gasteiger partial charge in [0.15, 0.2) is 0 Å². The number of methoxy groups -OCH3 is 3. The van der Waals surface area contributed by atoms with E-state index < -0.39 is 60.1 Å². The summed E-state index contributed by atoms with van der Waals surface area (Å²) in [5.74, 6) is -3.18. The van der Waals surface area contributed by atoms with E-state index in [0.29, 0.717) is 25.8 Å². The smallest absolute Gasteiger partial charge is 0.328 e. The Balaban J connectivity index is 0.00000564. The summed E-state index contributed by atoms with van der Waals surface area (Å²) >= 11 is 0. The summed E-state index contributed by atoms with van der Waals surface area (Å²) in [6.07, 6.45) is 3.40. The van der Waals surface area contributed by atoms with Crippen LogP contribution in [0.5, 0.6) is 0 Å². The predicted molar refractivity (Wildman–Crippen MR) is 240 cm³/mol. The molecule has 61 heavy (non-hydrogen) atoms. The van der Waals surface area contributed by atoms with Crippen molar-refractivity contribution >= 4 is 35.5 Å². The van der Waals surface area contributed by atoms with Gasteiger partial charge in [-0.05, 0) is 37.3 Å². The first kappa shape index (κ1) is 56.9. The summed E-state index contributed by atoms with van der Waals surface area (Å²) in [6.45, 7) is 18.1. The van der Waals surface area contributed by atoms with Crippen LogP contribution in [0.15, 0.2) is 30.3 Å². The molecular formula is C46H82N6O9. The molecule has 0 spiro atoms. The molecule has 1 aliphatic rings. The molecule has 0 aromatic heterocycles. The van der Waals surface area contributed by atoms with Crippen molar-refractivity contribution in [1.29, 1.82) is 0 Å². The Morgan fingerprint density at radius 3 is 1.89 bits per heavy atom. The first-order valence-corrected chi connectivity index (χ1v) is 22.1. The summed E-state index contributed by atoms with van der Waals surface area (Å²) in [6, 6.07) is 6.74. The van der Waals surface area contributed by atoms with E-state index in [9.17, 15) is 28.8 Å². The first-order chi connectivity index (χ1) is 28.9. The van der Waals surface area contributed by atoms with Gasteiger partial charge in [0.25, 0.3) is 0 Å². The number of amides is 5. The number of carbonyl (C=O) groups is 6. The number of benzene rings is 1. The second kappa shape index (κ2) is 30.9. The maximum atomic E-state index is 14.1. The van der Waals surface area contributed by atoms with Gasteiger partial charge in [-0.15, -0.1) is 0 Å². The van der Waals surface area contributed by atoms with Crippen molar-refractivity contribution in [1.82, 2.24) is 30.7 Å². The van der Waals surface area contributed by atoms with E-state index in [1.165, 1.54) is 44.0 Å². The van der Waals surface area contributed by atoms with Crippen LogP contribution in [0.1, 0.15) is 106 Å². The van der Waals surface area contributed by atoms with Gasteiger partial charge in [-0.25, -0.2) is 4.79 Å². The van der Waals surface area contributed by atoms with Crippen LogP contribution in [0.2, 0.25) is 0 Å². The first-order valence-electron chi connectivity index (χ1n) is 22.1. The number of hydrogen-bond donors (Lipinski definition) is 3. The highest BCUT2D eigenvalue weighted by atomic mass is 16.5. The van der Waals surface area contributed by atoms with Gasteiger partial charge in [0.1, 0.15) is 12.1 Å². The third-order valence-corrected chi connectivity index (χ3v) is 10.8. The van der Waals surface area contributed by atoms with E-state index in [1.807, 2.05) is 58.0 Å². The fourth-order valence-electron chi connectivity index (χ4n) is 7.56. The highest BCUT2D eigenvalue weighted by Gasteiger charge is 2.42. The van der Waals surface area contributed by atoms with Crippen LogP contribution in [0, 0.1) is 17.8 Å². The van der Waals surface area contributed by atoms with Gasteiger partial charge in [-0.1, -0.05) is 112 Å². The second-order valence-electron chi connectivity index (χ2n) is 16.3. The molecule has 1 aliphatic heterocycles. The molecule has 15 heteroatoms. The molecule has 1 fully saturated rings. The Morgan fingerprint density at radius 1 is 0.820 bits per heavy atom. The van der Waals surface area contributed by atoms with Crippen molar-refractivity contribution in [3.8, 4) is 0 Å². The van der Waals surface area contributed by atoms with E-state index in [4.69, 9.17) is 14.2 Å². The number of nitrogens with zero attached hydrogens (tertiary/aromatic N) is 3. The minimum absolute atomic E-state index is 0.0295. The van der Waals surface area contributed by atoms with Crippen molar-refractivity contribution in [3.05, 3.63) is 35.9 Å². The molecule has 8 atom stereocenters. The van der Waals surface area contributed by atoms with Crippen molar-refractivity contribution in [3.63, 3.8) is 0 Å². The number of nitrogens with one attached hydrogen (secondary N) is 3. The fraction of sp³-hybridized carbons (Fsp3) is 0.739. The fourth-order valence-corrected chi connectivity index (χ4v) is 7.56. The third kappa shape index (κ3) is 18.4. The summed E-state index contributed by atoms with van der Waals surface area (Å²) in [7, 11) is 9.16. The molecule has 0 saturated carbocycles. The topological polar surface area (TPSA) is 176 Å². The summed E-state index contributed by atoms with van der Waals surface area (Å²) in [5, 5.41) is 8.36. The Kier molecular flexibility index (Phi) is 28.8. The Bertz CT molecular complexity index is 1450. The van der Waals surface area contributed by atoms with E-state index >= 15 is 0 Å². The summed E-state index contributed by atoms with van der Waals surface area (Å²) in [5.41, 5.74) is 0.864. The molecule has 1 aromatic carbocycles. The molecule has 1 saturated heterocycles. The molecule has 1 aromatic rings. The molecule has 5 amide bonds. The monoisotopic (exact) mass is 863 g/mol. The van der Waals surface area contributed by atoms with Crippen molar-refractivity contribution < 1.29 is 43.0 Å². The zero-order valence-corrected chi connectivity index (χ0v) is 40.2. The SMILES string of the molecule is CCC.CCC.CCC(C)C(C(CC(=O)N1CCCC1C(OC)C(C)C(=O)NC(Cc1ccccc1)C(=O)OC)OC)N(C)C(=O)CNC(=O)C(C(C)C)N(C)C(=O)CNC. The standard InChI is InChI=1S/C40H66N6O9.2C3H8/c1-12-26(4)36(45(8)34(49)24-42-39(51)35(25(2)3)44(7)33(48)23-41-6)31(53-9)22-32(47)46-20-16-19-30(46)37(54-10)27(5)38(50)43-29(40(52)55-11)21-28-17-14-13-15-18-28;2*1-3-2/h13-15,17-18,25-27,29-31,35-37,41H,12,16,19-24H2,1-11H3,(H,42,51)(H,43,50);2*3H2,1-2H3. The van der Waals surface area contributed by atoms with Gasteiger partial charge in [0.2, 0.25) is 29.5 Å². The van der Waals surface area contributed by atoms with Crippen molar-refractivity contribution in [2.75, 3.05) is 62.1 Å². The van der Waals surface area contributed by atoms with Crippen LogP contribution in [-0.4, -0.2) is 149 Å². The van der Waals surface area contributed by atoms with Crippen LogP contribution in [0.25, 0.3) is 0 Å². The van der Waals surface area contributed by atoms with Gasteiger partial charge in [-0.2, -0.15) is 0 Å². The summed E-state index contributed by atoms with van der Waals surface area (Å²) < 4.78 is 16.8. The predicted octanol–water partition coefficient (Wildman–Crippen LogP) is 4.46. The van der Waals surface area contributed by atoms with Crippen LogP contribution < -0.4 is 16.0 Å². The number of esters is 1. The van der Waals surface area contributed by atoms with Crippen LogP contribution in [0.3, 0.4) is 0 Å². The Hall–Kier alpha value is -4.08. The molecule has 0 aliphatic carbocycles. The normalized spacial score (nSPS) is 16.8. The molecule has 3 N–H and O–H groups in total. The van der Waals surface area contributed by atoms with E-state index in [1.54, 1.807) is 33.0 Å². The Labute approximate surface area is 367 Å². The number of carbonyl (C=O) groups excluding carboxylic acids is 6. The van der Waals surface area contributed by atoms with Crippen molar-refractivity contribution in [2.24, 2.45) is 17.8 Å². The van der Waals surface area contributed by atoms with E-state index in [-0.39, 0.29) is 55.5 Å². The maximum Gasteiger partial charge on any atom is 0.328 e. The van der Waals surface area contributed by atoms with Gasteiger partial charge < -0.3 is 44.9 Å². The van der Waals surface area contributed by atoms with Crippen LogP contribution in [0.4, 0.5) is 0 Å².